The minimum absolute atomic E-state index is 1.12. The molecule has 10 heavy (non-hydrogen) atoms. The van der Waals surface area contributed by atoms with Crippen molar-refractivity contribution in [2.75, 3.05) is 12.3 Å². The first-order valence-corrected chi connectivity index (χ1v) is 6.05. The first-order chi connectivity index (χ1) is 4.93. The van der Waals surface area contributed by atoms with E-state index < -0.39 is 0 Å². The third-order valence-electron chi connectivity index (χ3n) is 2.45. The molecule has 0 aromatic rings. The molecule has 0 N–H and O–H groups in total. The lowest BCUT2D eigenvalue weighted by molar-refractivity contribution is 0.534. The van der Waals surface area contributed by atoms with Crippen LogP contribution in [0.1, 0.15) is 39.0 Å². The van der Waals surface area contributed by atoms with Crippen LogP contribution in [0.2, 0.25) is 0 Å². The van der Waals surface area contributed by atoms with Crippen LogP contribution in [0, 0.1) is 5.92 Å². The minimum Gasteiger partial charge on any atom is -0.122 e. The highest BCUT2D eigenvalue weighted by Crippen LogP contribution is 2.29. The molecule has 0 aliphatic heterocycles. The quantitative estimate of drug-likeness (QED) is 0.435. The molecule has 0 nitrogen and oxygen atoms in total. The molecule has 0 heterocycles. The normalized spacial score (nSPS) is 21.3. The maximum atomic E-state index is 2.30. The molecule has 0 aromatic carbocycles. The van der Waals surface area contributed by atoms with E-state index in [1.165, 1.54) is 53.0 Å². The van der Waals surface area contributed by atoms with Crippen LogP contribution < -0.4 is 0 Å². The Bertz CT molecular complexity index is 74.8. The Morgan fingerprint density at radius 3 is 2.60 bits per heavy atom. The van der Waals surface area contributed by atoms with Gasteiger partial charge in [0.2, 0.25) is 0 Å². The van der Waals surface area contributed by atoms with Gasteiger partial charge in [-0.3, -0.25) is 0 Å². The van der Waals surface area contributed by atoms with Crippen molar-refractivity contribution in [1.29, 1.82) is 0 Å². The molecule has 1 aliphatic carbocycles. The SMILES string of the molecule is CCPCCC1CCCC1. The van der Waals surface area contributed by atoms with Crippen molar-refractivity contribution in [2.45, 2.75) is 39.0 Å². The van der Waals surface area contributed by atoms with Gasteiger partial charge in [0.25, 0.3) is 0 Å². The van der Waals surface area contributed by atoms with E-state index in [9.17, 15) is 0 Å². The lowest BCUT2D eigenvalue weighted by atomic mass is 10.1. The molecule has 0 spiro atoms. The van der Waals surface area contributed by atoms with Crippen molar-refractivity contribution in [3.05, 3.63) is 0 Å². The lowest BCUT2D eigenvalue weighted by Crippen LogP contribution is -1.93. The lowest BCUT2D eigenvalue weighted by Gasteiger charge is -2.06. The Balaban J connectivity index is 1.91. The summed E-state index contributed by atoms with van der Waals surface area (Å²) in [4.78, 5) is 0. The zero-order valence-corrected chi connectivity index (χ0v) is 8.03. The zero-order valence-electron chi connectivity index (χ0n) is 7.03. The van der Waals surface area contributed by atoms with E-state index in [-0.39, 0.29) is 0 Å². The molecule has 1 atom stereocenters. The van der Waals surface area contributed by atoms with Crippen LogP contribution in [-0.2, 0) is 0 Å². The standard InChI is InChI=1S/C9H19P/c1-2-10-8-7-9-5-3-4-6-9/h9-10H,2-8H2,1H3. The summed E-state index contributed by atoms with van der Waals surface area (Å²) in [5.41, 5.74) is 0. The topological polar surface area (TPSA) is 0 Å². The van der Waals surface area contributed by atoms with Crippen molar-refractivity contribution in [3.63, 3.8) is 0 Å². The Labute approximate surface area is 66.6 Å². The largest absolute Gasteiger partial charge is 0.122 e. The fraction of sp³-hybridized carbons (Fsp3) is 1.00. The predicted octanol–water partition coefficient (Wildman–Crippen LogP) is 3.27. The highest BCUT2D eigenvalue weighted by molar-refractivity contribution is 7.37. The van der Waals surface area contributed by atoms with Crippen LogP contribution in [0.4, 0.5) is 0 Å². The van der Waals surface area contributed by atoms with Gasteiger partial charge in [-0.05, 0) is 24.7 Å². The third-order valence-corrected chi connectivity index (χ3v) is 3.60. The van der Waals surface area contributed by atoms with E-state index in [1.807, 2.05) is 0 Å². The average molecular weight is 158 g/mol. The van der Waals surface area contributed by atoms with Gasteiger partial charge in [0, 0.05) is 0 Å². The number of hydrogen-bond acceptors (Lipinski definition) is 0. The van der Waals surface area contributed by atoms with Gasteiger partial charge in [-0.1, -0.05) is 32.6 Å². The van der Waals surface area contributed by atoms with E-state index in [1.54, 1.807) is 0 Å². The van der Waals surface area contributed by atoms with Gasteiger partial charge >= 0.3 is 0 Å². The van der Waals surface area contributed by atoms with Gasteiger partial charge in [0.05, 0.1) is 0 Å². The molecule has 1 saturated carbocycles. The van der Waals surface area contributed by atoms with Gasteiger partial charge in [-0.2, -0.15) is 0 Å². The van der Waals surface area contributed by atoms with Gasteiger partial charge in [0.1, 0.15) is 0 Å². The Hall–Kier alpha value is 0.430. The van der Waals surface area contributed by atoms with Crippen LogP contribution in [0.3, 0.4) is 0 Å². The van der Waals surface area contributed by atoms with Crippen molar-refractivity contribution >= 4 is 8.58 Å². The smallest absolute Gasteiger partial charge is 0.0351 e. The van der Waals surface area contributed by atoms with E-state index in [0.29, 0.717) is 0 Å². The Kier molecular flexibility index (Phi) is 4.37. The van der Waals surface area contributed by atoms with Gasteiger partial charge in [-0.25, -0.2) is 0 Å². The van der Waals surface area contributed by atoms with Gasteiger partial charge in [0.15, 0.2) is 0 Å². The number of hydrogen-bond donors (Lipinski definition) is 0. The van der Waals surface area contributed by atoms with Crippen LogP contribution in [0.5, 0.6) is 0 Å². The second-order valence-corrected chi connectivity index (χ2v) is 5.00. The third kappa shape index (κ3) is 3.01. The van der Waals surface area contributed by atoms with E-state index in [2.05, 4.69) is 6.92 Å². The molecular formula is C9H19P. The summed E-state index contributed by atoms with van der Waals surface area (Å²) in [6, 6.07) is 0. The van der Waals surface area contributed by atoms with Crippen LogP contribution >= 0.6 is 8.58 Å². The molecule has 0 aromatic heterocycles. The molecule has 1 aliphatic rings. The molecule has 1 rings (SSSR count). The summed E-state index contributed by atoms with van der Waals surface area (Å²) < 4.78 is 0. The van der Waals surface area contributed by atoms with E-state index in [4.69, 9.17) is 0 Å². The molecule has 1 fully saturated rings. The van der Waals surface area contributed by atoms with Crippen LogP contribution in [0.25, 0.3) is 0 Å². The van der Waals surface area contributed by atoms with Crippen molar-refractivity contribution in [2.24, 2.45) is 5.92 Å². The first-order valence-electron chi connectivity index (χ1n) is 4.64. The monoisotopic (exact) mass is 158 g/mol. The number of rotatable bonds is 4. The summed E-state index contributed by atoms with van der Waals surface area (Å²) in [6.45, 7) is 2.30. The Morgan fingerprint density at radius 2 is 2.00 bits per heavy atom. The fourth-order valence-electron chi connectivity index (χ4n) is 1.78. The molecule has 1 unspecified atom stereocenters. The maximum Gasteiger partial charge on any atom is -0.0351 e. The van der Waals surface area contributed by atoms with Crippen LogP contribution in [0.15, 0.2) is 0 Å². The Morgan fingerprint density at radius 1 is 1.30 bits per heavy atom. The second-order valence-electron chi connectivity index (χ2n) is 3.29. The van der Waals surface area contributed by atoms with Gasteiger partial charge in [-0.15, -0.1) is 8.58 Å². The van der Waals surface area contributed by atoms with Crippen LogP contribution in [-0.4, -0.2) is 12.3 Å². The maximum absolute atomic E-state index is 2.30. The molecular weight excluding hydrogens is 139 g/mol. The minimum atomic E-state index is 1.12. The van der Waals surface area contributed by atoms with E-state index in [0.717, 1.165) is 5.92 Å². The van der Waals surface area contributed by atoms with E-state index >= 15 is 0 Å². The van der Waals surface area contributed by atoms with Crippen molar-refractivity contribution < 1.29 is 0 Å². The predicted molar refractivity (Wildman–Crippen MR) is 50.3 cm³/mol. The molecule has 60 valence electrons. The fourth-order valence-corrected chi connectivity index (χ4v) is 2.75. The molecule has 0 radical (unpaired) electrons. The first kappa shape index (κ1) is 8.53. The zero-order chi connectivity index (χ0) is 7.23. The molecule has 0 amide bonds. The van der Waals surface area contributed by atoms with Gasteiger partial charge < -0.3 is 0 Å². The highest BCUT2D eigenvalue weighted by atomic mass is 31.1. The summed E-state index contributed by atoms with van der Waals surface area (Å²) in [5.74, 6) is 1.12. The summed E-state index contributed by atoms with van der Waals surface area (Å²) in [5, 5.41) is 0. The summed E-state index contributed by atoms with van der Waals surface area (Å²) >= 11 is 0. The average Bonchev–Trinajstić information content (AvgIpc) is 2.41. The molecule has 0 bridgehead atoms. The molecule has 1 heteroatoms. The van der Waals surface area contributed by atoms with Crippen molar-refractivity contribution in [3.8, 4) is 0 Å². The molecule has 0 saturated heterocycles. The highest BCUT2D eigenvalue weighted by Gasteiger charge is 2.13. The summed E-state index contributed by atoms with van der Waals surface area (Å²) in [6.07, 6.45) is 10.6. The summed E-state index contributed by atoms with van der Waals surface area (Å²) in [7, 11) is 1.24. The second kappa shape index (κ2) is 5.13. The van der Waals surface area contributed by atoms with Crippen molar-refractivity contribution in [1.82, 2.24) is 0 Å².